The van der Waals surface area contributed by atoms with Gasteiger partial charge in [0, 0.05) is 32.2 Å². The Bertz CT molecular complexity index is 566. The maximum atomic E-state index is 12.7. The van der Waals surface area contributed by atoms with Gasteiger partial charge in [-0.1, -0.05) is 0 Å². The lowest BCUT2D eigenvalue weighted by Crippen LogP contribution is -2.54. The molecule has 2 N–H and O–H groups in total. The standard InChI is InChI=1S/C16H23F3N4/c17-16(18,19)13-6-14-21-7-12(8-23(14)22-13)5-11-1-3-15(4-2-11)9-20-10-15/h6,11-12,20-21H,1-5,7-10H2. The number of halogens is 3. The van der Waals surface area contributed by atoms with Crippen LogP contribution in [0.1, 0.15) is 37.8 Å². The van der Waals surface area contributed by atoms with E-state index in [4.69, 9.17) is 0 Å². The van der Waals surface area contributed by atoms with Crippen LogP contribution in [-0.4, -0.2) is 29.4 Å². The predicted octanol–water partition coefficient (Wildman–Crippen LogP) is 3.11. The van der Waals surface area contributed by atoms with E-state index in [0.717, 1.165) is 19.0 Å². The molecule has 4 nitrogen and oxygen atoms in total. The van der Waals surface area contributed by atoms with Gasteiger partial charge < -0.3 is 10.6 Å². The second-order valence-electron chi connectivity index (χ2n) is 7.62. The summed E-state index contributed by atoms with van der Waals surface area (Å²) in [5.41, 5.74) is -0.226. The first-order valence-corrected chi connectivity index (χ1v) is 8.53. The normalized spacial score (nSPS) is 27.3. The lowest BCUT2D eigenvalue weighted by molar-refractivity contribution is -0.141. The summed E-state index contributed by atoms with van der Waals surface area (Å²) in [6.45, 7) is 3.69. The SMILES string of the molecule is FC(F)(F)c1cc2n(n1)CC(CC1CCC3(CC1)CNC3)CN2. The Labute approximate surface area is 133 Å². The summed E-state index contributed by atoms with van der Waals surface area (Å²) in [5, 5.41) is 10.2. The van der Waals surface area contributed by atoms with Gasteiger partial charge in [-0.05, 0) is 49.4 Å². The van der Waals surface area contributed by atoms with Crippen LogP contribution >= 0.6 is 0 Å². The van der Waals surface area contributed by atoms with Gasteiger partial charge in [0.2, 0.25) is 0 Å². The number of hydrogen-bond acceptors (Lipinski definition) is 3. The molecule has 1 aromatic rings. The van der Waals surface area contributed by atoms with E-state index in [2.05, 4.69) is 15.7 Å². The molecular weight excluding hydrogens is 305 g/mol. The van der Waals surface area contributed by atoms with E-state index in [1.165, 1.54) is 43.5 Å². The molecule has 128 valence electrons. The van der Waals surface area contributed by atoms with Crippen molar-refractivity contribution >= 4 is 5.82 Å². The highest BCUT2D eigenvalue weighted by molar-refractivity contribution is 5.39. The molecule has 1 aliphatic carbocycles. The molecular formula is C16H23F3N4. The minimum absolute atomic E-state index is 0.377. The Kier molecular flexibility index (Phi) is 3.59. The van der Waals surface area contributed by atoms with Crippen molar-refractivity contribution in [2.45, 2.75) is 44.8 Å². The smallest absolute Gasteiger partial charge is 0.370 e. The molecule has 1 atom stereocenters. The van der Waals surface area contributed by atoms with Gasteiger partial charge in [-0.3, -0.25) is 0 Å². The van der Waals surface area contributed by atoms with Crippen LogP contribution in [0.3, 0.4) is 0 Å². The minimum Gasteiger partial charge on any atom is -0.370 e. The number of fused-ring (bicyclic) bond motifs is 1. The van der Waals surface area contributed by atoms with Gasteiger partial charge in [0.25, 0.3) is 0 Å². The molecule has 3 heterocycles. The molecule has 4 rings (SSSR count). The van der Waals surface area contributed by atoms with Crippen molar-refractivity contribution < 1.29 is 13.2 Å². The van der Waals surface area contributed by atoms with E-state index >= 15 is 0 Å². The number of hydrogen-bond donors (Lipinski definition) is 2. The highest BCUT2D eigenvalue weighted by Gasteiger charge is 2.41. The molecule has 1 saturated heterocycles. The van der Waals surface area contributed by atoms with Crippen LogP contribution in [0.15, 0.2) is 6.07 Å². The van der Waals surface area contributed by atoms with Gasteiger partial charge in [0.05, 0.1) is 0 Å². The molecule has 2 fully saturated rings. The van der Waals surface area contributed by atoms with Crippen molar-refractivity contribution in [3.05, 3.63) is 11.8 Å². The molecule has 3 aliphatic rings. The average Bonchev–Trinajstić information content (AvgIpc) is 2.90. The third-order valence-electron chi connectivity index (χ3n) is 5.91. The molecule has 0 radical (unpaired) electrons. The fourth-order valence-corrected chi connectivity index (χ4v) is 4.38. The van der Waals surface area contributed by atoms with Crippen LogP contribution in [0.5, 0.6) is 0 Å². The summed E-state index contributed by atoms with van der Waals surface area (Å²) in [6, 6.07) is 1.12. The Balaban J connectivity index is 1.34. The van der Waals surface area contributed by atoms with E-state index in [1.54, 1.807) is 0 Å². The fourth-order valence-electron chi connectivity index (χ4n) is 4.38. The van der Waals surface area contributed by atoms with Crippen LogP contribution < -0.4 is 10.6 Å². The van der Waals surface area contributed by atoms with Crippen molar-refractivity contribution in [3.63, 3.8) is 0 Å². The van der Waals surface area contributed by atoms with E-state index in [-0.39, 0.29) is 0 Å². The van der Waals surface area contributed by atoms with E-state index in [1.807, 2.05) is 0 Å². The third-order valence-corrected chi connectivity index (χ3v) is 5.91. The first-order valence-electron chi connectivity index (χ1n) is 8.53. The fraction of sp³-hybridized carbons (Fsp3) is 0.812. The Hall–Kier alpha value is -1.24. The van der Waals surface area contributed by atoms with E-state index in [0.29, 0.717) is 29.6 Å². The maximum Gasteiger partial charge on any atom is 0.435 e. The highest BCUT2D eigenvalue weighted by atomic mass is 19.4. The van der Waals surface area contributed by atoms with Crippen LogP contribution in [-0.2, 0) is 12.7 Å². The van der Waals surface area contributed by atoms with Gasteiger partial charge >= 0.3 is 6.18 Å². The second-order valence-corrected chi connectivity index (χ2v) is 7.62. The molecule has 1 aromatic heterocycles. The van der Waals surface area contributed by atoms with Crippen LogP contribution in [0.2, 0.25) is 0 Å². The zero-order chi connectivity index (χ0) is 16.1. The number of rotatable bonds is 2. The quantitative estimate of drug-likeness (QED) is 0.876. The van der Waals surface area contributed by atoms with Gasteiger partial charge in [-0.15, -0.1) is 0 Å². The first kappa shape index (κ1) is 15.3. The number of nitrogens with zero attached hydrogens (tertiary/aromatic N) is 2. The minimum atomic E-state index is -4.37. The van der Waals surface area contributed by atoms with E-state index in [9.17, 15) is 13.2 Å². The third kappa shape index (κ3) is 2.95. The molecule has 1 spiro atoms. The lowest BCUT2D eigenvalue weighted by Gasteiger charge is -2.48. The molecule has 0 bridgehead atoms. The number of anilines is 1. The summed E-state index contributed by atoms with van der Waals surface area (Å²) < 4.78 is 39.7. The van der Waals surface area contributed by atoms with Gasteiger partial charge in [-0.25, -0.2) is 4.68 Å². The van der Waals surface area contributed by atoms with Crippen LogP contribution in [0, 0.1) is 17.3 Å². The second kappa shape index (κ2) is 5.40. The van der Waals surface area contributed by atoms with E-state index < -0.39 is 11.9 Å². The first-order chi connectivity index (χ1) is 10.9. The summed E-state index contributed by atoms with van der Waals surface area (Å²) >= 11 is 0. The number of alkyl halides is 3. The Morgan fingerprint density at radius 3 is 2.57 bits per heavy atom. The number of nitrogens with one attached hydrogen (secondary N) is 2. The molecule has 0 aromatic carbocycles. The molecule has 1 unspecified atom stereocenters. The van der Waals surface area contributed by atoms with Gasteiger partial charge in [0.15, 0.2) is 5.69 Å². The summed E-state index contributed by atoms with van der Waals surface area (Å²) in [7, 11) is 0. The van der Waals surface area contributed by atoms with Gasteiger partial charge in [0.1, 0.15) is 5.82 Å². The van der Waals surface area contributed by atoms with Crippen molar-refractivity contribution in [1.29, 1.82) is 0 Å². The largest absolute Gasteiger partial charge is 0.435 e. The molecule has 0 amide bonds. The average molecular weight is 328 g/mol. The molecule has 2 aliphatic heterocycles. The molecule has 23 heavy (non-hydrogen) atoms. The van der Waals surface area contributed by atoms with Crippen molar-refractivity contribution in [2.75, 3.05) is 25.0 Å². The predicted molar refractivity (Wildman–Crippen MR) is 81.1 cm³/mol. The Morgan fingerprint density at radius 2 is 1.96 bits per heavy atom. The zero-order valence-electron chi connectivity index (χ0n) is 13.1. The monoisotopic (exact) mass is 328 g/mol. The molecule has 1 saturated carbocycles. The van der Waals surface area contributed by atoms with Crippen LogP contribution in [0.4, 0.5) is 19.0 Å². The molecule has 7 heteroatoms. The van der Waals surface area contributed by atoms with Gasteiger partial charge in [-0.2, -0.15) is 18.3 Å². The van der Waals surface area contributed by atoms with Crippen molar-refractivity contribution in [3.8, 4) is 0 Å². The maximum absolute atomic E-state index is 12.7. The summed E-state index contributed by atoms with van der Waals surface area (Å²) in [6.07, 6.45) is 1.86. The zero-order valence-corrected chi connectivity index (χ0v) is 13.1. The Morgan fingerprint density at radius 1 is 1.22 bits per heavy atom. The lowest BCUT2D eigenvalue weighted by atomic mass is 9.65. The number of aromatic nitrogens is 2. The highest BCUT2D eigenvalue weighted by Crippen LogP contribution is 2.43. The van der Waals surface area contributed by atoms with Crippen molar-refractivity contribution in [1.82, 2.24) is 15.1 Å². The van der Waals surface area contributed by atoms with Crippen LogP contribution in [0.25, 0.3) is 0 Å². The topological polar surface area (TPSA) is 41.9 Å². The summed E-state index contributed by atoms with van der Waals surface area (Å²) in [5.74, 6) is 1.59. The van der Waals surface area contributed by atoms with Crippen molar-refractivity contribution in [2.24, 2.45) is 17.3 Å². The summed E-state index contributed by atoms with van der Waals surface area (Å²) in [4.78, 5) is 0.